The van der Waals surface area contributed by atoms with Gasteiger partial charge in [-0.25, -0.2) is 57.4 Å². The Morgan fingerprint density at radius 3 is 1.29 bits per heavy atom. The number of nitrogens with zero attached hydrogens (tertiary/aromatic N) is 17. The molecule has 5 aliphatic heterocycles. The number of benzene rings is 4. The predicted molar refractivity (Wildman–Crippen MR) is 418 cm³/mol. The number of ether oxygens (including phenoxy) is 4. The van der Waals surface area contributed by atoms with E-state index in [1.807, 2.05) is 120 Å². The highest BCUT2D eigenvalue weighted by Gasteiger charge is 2.30. The van der Waals surface area contributed by atoms with E-state index < -0.39 is 0 Å². The van der Waals surface area contributed by atoms with Crippen LogP contribution in [-0.2, 0) is 71.9 Å². The van der Waals surface area contributed by atoms with Crippen LogP contribution in [0.25, 0.3) is 56.1 Å². The van der Waals surface area contributed by atoms with Crippen LogP contribution in [0.3, 0.4) is 0 Å². The molecule has 0 atom stereocenters. The monoisotopic (exact) mass is 1530 g/mol. The zero-order chi connectivity index (χ0) is 77.3. The Labute approximate surface area is 646 Å². The maximum Gasteiger partial charge on any atom is 0.208 e. The predicted octanol–water partition coefficient (Wildman–Crippen LogP) is 14.4. The van der Waals surface area contributed by atoms with Crippen molar-refractivity contribution < 1.29 is 36.5 Å². The molecule has 0 radical (unpaired) electrons. The Morgan fingerprint density at radius 2 is 0.850 bits per heavy atom. The van der Waals surface area contributed by atoms with Gasteiger partial charge in [0.25, 0.3) is 0 Å². The number of hydrogen-bond acceptors (Lipinski definition) is 19. The molecule has 1 saturated carbocycles. The molecule has 4 aromatic carbocycles. The number of hydrogen-bond donors (Lipinski definition) is 5. The molecule has 6 aliphatic rings. The van der Waals surface area contributed by atoms with Crippen LogP contribution < -0.4 is 40.2 Å². The molecule has 576 valence electrons. The molecular weight excluding hydrogens is 1450 g/mol. The lowest BCUT2D eigenvalue weighted by atomic mass is 9.99. The Bertz CT molecular complexity index is 6200. The maximum absolute atomic E-state index is 14.6. The molecule has 5 N–H and O–H groups in total. The number of imidazole rings is 4. The van der Waals surface area contributed by atoms with Crippen LogP contribution >= 0.6 is 0 Å². The zero-order valence-electron chi connectivity index (χ0n) is 63.5. The Morgan fingerprint density at radius 1 is 0.434 bits per heavy atom. The summed E-state index contributed by atoms with van der Waals surface area (Å²) in [5.74, 6) is 5.34. The lowest BCUT2D eigenvalue weighted by Crippen LogP contribution is -2.15. The first-order chi connectivity index (χ1) is 55.0. The third kappa shape index (κ3) is 13.8. The molecule has 0 saturated heterocycles. The van der Waals surface area contributed by atoms with Gasteiger partial charge < -0.3 is 40.2 Å². The lowest BCUT2D eigenvalue weighted by Gasteiger charge is -2.21. The number of aromatic nitrogens is 18. The van der Waals surface area contributed by atoms with Crippen molar-refractivity contribution in [2.24, 2.45) is 7.05 Å². The molecule has 1 fully saturated rings. The lowest BCUT2D eigenvalue weighted by molar-refractivity contribution is 0.286. The largest absolute Gasteiger partial charge is 0.493 e. The van der Waals surface area contributed by atoms with E-state index in [4.69, 9.17) is 28.9 Å². The number of halogens is 4. The van der Waals surface area contributed by atoms with Gasteiger partial charge in [-0.2, -0.15) is 15.3 Å². The number of nitrogens with one attached hydrogen (secondary N) is 5. The number of aryl methyl sites for hydroxylation is 8. The third-order valence-corrected chi connectivity index (χ3v) is 21.6. The minimum atomic E-state index is -0.236. The number of rotatable bonds is 16. The van der Waals surface area contributed by atoms with Crippen molar-refractivity contribution in [1.29, 1.82) is 0 Å². The molecule has 11 aromatic heterocycles. The van der Waals surface area contributed by atoms with Crippen molar-refractivity contribution in [1.82, 2.24) is 87.2 Å². The van der Waals surface area contributed by atoms with Crippen molar-refractivity contribution >= 4 is 46.4 Å². The van der Waals surface area contributed by atoms with E-state index in [-0.39, 0.29) is 23.3 Å². The number of anilines is 4. The van der Waals surface area contributed by atoms with Gasteiger partial charge in [0.05, 0.1) is 78.5 Å². The average Bonchev–Trinajstić information content (AvgIpc) is 1.67. The summed E-state index contributed by atoms with van der Waals surface area (Å²) in [4.78, 5) is 37.2. The smallest absolute Gasteiger partial charge is 0.208 e. The second-order valence-electron chi connectivity index (χ2n) is 29.3. The fourth-order valence-corrected chi connectivity index (χ4v) is 16.0. The van der Waals surface area contributed by atoms with E-state index >= 15 is 0 Å². The Balaban J connectivity index is 0.000000105. The summed E-state index contributed by atoms with van der Waals surface area (Å²) in [7, 11) is 1.91. The van der Waals surface area contributed by atoms with Crippen LogP contribution in [0.5, 0.6) is 23.0 Å². The molecule has 30 heteroatoms. The van der Waals surface area contributed by atoms with E-state index in [0.29, 0.717) is 105 Å². The van der Waals surface area contributed by atoms with Crippen molar-refractivity contribution in [2.75, 3.05) is 47.7 Å². The van der Waals surface area contributed by atoms with Gasteiger partial charge in [-0.3, -0.25) is 32.1 Å². The standard InChI is InChI=1S/C22H21FN6O.C22H23FN6O.C20H19FN6O.C19H19FN4O/c1-13-12-28-21(27-13)17(16-11-26-29-7-2-3-19(16)29)10-25-22(28)24-9-15-14-6-8-30-20(14)5-4-18(15)23;1-13-9-19(28(3)27-13)17-11-25-22(29-12-14(2)26-21(17)29)24-10-16-15-5-4-8-30-20(15)7-6-18(16)23;1-11-10-27-19(25-11)16(14-9-24-26-12(14)2)8-23-20(27)22-7-15-13-5-6-28-18(13)4-3-17(15)21;1-11-10-24-18(23-11)14(12-2-3-12)8-21-19(24)22-9-15-13-6-7-25-17(13)5-4-16(15)20/h4-5,10-12H,2-3,6-9H2,1H3,(H,24,25);6-7,9,11-12H,4-5,8,10H2,1-3H3,(H,24,25);3-4,8-10H,5-7H2,1-2H3,(H,22,23)(H,24,26);4-5,8,10,12H,2-3,6-7,9H2,1H3,(H,21,22). The fourth-order valence-electron chi connectivity index (χ4n) is 16.0. The molecule has 113 heavy (non-hydrogen) atoms. The van der Waals surface area contributed by atoms with E-state index in [1.54, 1.807) is 42.9 Å². The average molecular weight is 1530 g/mol. The van der Waals surface area contributed by atoms with Crippen molar-refractivity contribution in [2.45, 2.75) is 138 Å². The molecule has 26 nitrogen and oxygen atoms in total. The summed E-state index contributed by atoms with van der Waals surface area (Å²) in [6.45, 7) is 16.5. The molecule has 0 bridgehead atoms. The Kier molecular flexibility index (Phi) is 18.9. The molecule has 0 amide bonds. The minimum Gasteiger partial charge on any atom is -0.493 e. The van der Waals surface area contributed by atoms with Gasteiger partial charge >= 0.3 is 0 Å². The quantitative estimate of drug-likeness (QED) is 0.0563. The molecule has 0 spiro atoms. The summed E-state index contributed by atoms with van der Waals surface area (Å²) < 4.78 is 91.8. The van der Waals surface area contributed by atoms with Gasteiger partial charge in [0.15, 0.2) is 5.65 Å². The molecule has 1 aliphatic carbocycles. The molecule has 21 rings (SSSR count). The fraction of sp³-hybridized carbons (Fsp3) is 0.313. The third-order valence-electron chi connectivity index (χ3n) is 21.6. The van der Waals surface area contributed by atoms with Gasteiger partial charge in [0.2, 0.25) is 23.8 Å². The van der Waals surface area contributed by atoms with Crippen molar-refractivity contribution in [3.8, 4) is 56.5 Å². The van der Waals surface area contributed by atoms with Gasteiger partial charge in [-0.15, -0.1) is 0 Å². The first kappa shape index (κ1) is 71.7. The van der Waals surface area contributed by atoms with Gasteiger partial charge in [-0.1, -0.05) is 0 Å². The van der Waals surface area contributed by atoms with Gasteiger partial charge in [-0.05, 0) is 141 Å². The second kappa shape index (κ2) is 29.7. The van der Waals surface area contributed by atoms with Crippen molar-refractivity contribution in [3.05, 3.63) is 230 Å². The van der Waals surface area contributed by atoms with Crippen LogP contribution in [0.2, 0.25) is 0 Å². The molecule has 16 heterocycles. The number of aromatic amines is 1. The summed E-state index contributed by atoms with van der Waals surface area (Å²) in [5, 5.41) is 29.2. The SMILES string of the molecule is Cc1cn2c(NCc3c(F)ccc4c3CCCO4)ncc(-c3cc(C)nn3C)c2n1.Cc1cn2c(NCc3c(F)ccc4c3CCO4)ncc(-c3cn[nH]c3C)c2n1.Cc1cn2c(NCc3c(F)ccc4c3CCO4)ncc(-c3cnn4c3CCC4)c2n1.Cc1cn2c(NCc3c(F)ccc4c3CCO4)ncc(C3CC3)c2n1. The molecular formula is C83H82F4N22O4. The van der Waals surface area contributed by atoms with Crippen LogP contribution in [0, 0.1) is 64.8 Å². The first-order valence-electron chi connectivity index (χ1n) is 38.1. The van der Waals surface area contributed by atoms with Crippen molar-refractivity contribution in [3.63, 3.8) is 0 Å². The summed E-state index contributed by atoms with van der Waals surface area (Å²) in [6, 6.07) is 14.7. The number of H-pyrrole nitrogens is 1. The van der Waals surface area contributed by atoms with Crippen LogP contribution in [-0.4, -0.2) is 114 Å². The van der Waals surface area contributed by atoms with E-state index in [9.17, 15) is 17.6 Å². The second-order valence-corrected chi connectivity index (χ2v) is 29.3. The van der Waals surface area contributed by atoms with Gasteiger partial charge in [0, 0.05) is 192 Å². The Hall–Kier alpha value is -12.9. The topological polar surface area (TPSA) is 270 Å². The maximum atomic E-state index is 14.6. The zero-order valence-corrected chi connectivity index (χ0v) is 63.5. The molecule has 15 aromatic rings. The minimum absolute atomic E-state index is 0.204. The van der Waals surface area contributed by atoms with Crippen LogP contribution in [0.15, 0.2) is 117 Å². The highest BCUT2D eigenvalue weighted by Crippen LogP contribution is 2.43. The van der Waals surface area contributed by atoms with E-state index in [2.05, 4.69) is 76.2 Å². The highest BCUT2D eigenvalue weighted by molar-refractivity contribution is 5.81. The van der Waals surface area contributed by atoms with Crippen LogP contribution in [0.4, 0.5) is 41.4 Å². The van der Waals surface area contributed by atoms with Crippen LogP contribution in [0.1, 0.15) is 122 Å². The normalized spacial score (nSPS) is 14.2. The summed E-state index contributed by atoms with van der Waals surface area (Å²) in [6.07, 6.45) is 27.2. The summed E-state index contributed by atoms with van der Waals surface area (Å²) in [5.41, 5.74) is 23.3. The van der Waals surface area contributed by atoms with E-state index in [1.165, 1.54) is 48.4 Å². The first-order valence-corrected chi connectivity index (χ1v) is 38.1. The highest BCUT2D eigenvalue weighted by atomic mass is 19.1. The van der Waals surface area contributed by atoms with Gasteiger partial charge in [0.1, 0.15) is 63.2 Å². The molecule has 0 unspecified atom stereocenters. The van der Waals surface area contributed by atoms with E-state index in [0.717, 1.165) is 187 Å². The number of fused-ring (bicyclic) bond motifs is 9. The summed E-state index contributed by atoms with van der Waals surface area (Å²) >= 11 is 0.